The van der Waals surface area contributed by atoms with E-state index in [2.05, 4.69) is 56.6 Å². The smallest absolute Gasteiger partial charge is 0.107 e. The Balaban J connectivity index is 2.07. The molecule has 0 aliphatic carbocycles. The molecule has 0 atom stereocenters. The molecule has 0 radical (unpaired) electrons. The minimum atomic E-state index is 0.679. The Hall–Kier alpha value is -1.19. The number of hydrogen-bond acceptors (Lipinski definition) is 3. The van der Waals surface area contributed by atoms with Crippen LogP contribution in [0.25, 0.3) is 11.3 Å². The lowest BCUT2D eigenvalue weighted by molar-refractivity contribution is 0.551. The van der Waals surface area contributed by atoms with E-state index in [1.807, 2.05) is 0 Å². The Morgan fingerprint density at radius 3 is 2.47 bits per heavy atom. The molecule has 102 valence electrons. The van der Waals surface area contributed by atoms with Crippen LogP contribution in [0.4, 0.5) is 0 Å². The molecule has 0 aliphatic rings. The van der Waals surface area contributed by atoms with E-state index in [0.29, 0.717) is 5.92 Å². The molecule has 2 rings (SSSR count). The van der Waals surface area contributed by atoms with Crippen molar-refractivity contribution in [3.8, 4) is 11.3 Å². The number of thiazole rings is 1. The molecular weight excluding hydrogens is 252 g/mol. The van der Waals surface area contributed by atoms with Crippen molar-refractivity contribution >= 4 is 11.3 Å². The van der Waals surface area contributed by atoms with Crippen molar-refractivity contribution in [2.75, 3.05) is 6.54 Å². The van der Waals surface area contributed by atoms with Crippen LogP contribution in [0.5, 0.6) is 0 Å². The summed E-state index contributed by atoms with van der Waals surface area (Å²) < 4.78 is 0. The summed E-state index contributed by atoms with van der Waals surface area (Å²) in [5.41, 5.74) is 4.91. The number of nitrogens with zero attached hydrogens (tertiary/aromatic N) is 1. The van der Waals surface area contributed by atoms with Gasteiger partial charge in [-0.2, -0.15) is 0 Å². The lowest BCUT2D eigenvalue weighted by Crippen LogP contribution is -2.18. The summed E-state index contributed by atoms with van der Waals surface area (Å²) in [6.45, 7) is 10.6. The Morgan fingerprint density at radius 2 is 1.84 bits per heavy atom. The zero-order valence-electron chi connectivity index (χ0n) is 12.2. The van der Waals surface area contributed by atoms with Gasteiger partial charge in [-0.3, -0.25) is 0 Å². The van der Waals surface area contributed by atoms with Crippen LogP contribution in [0.3, 0.4) is 0 Å². The van der Waals surface area contributed by atoms with Gasteiger partial charge in [-0.25, -0.2) is 4.98 Å². The monoisotopic (exact) mass is 274 g/mol. The van der Waals surface area contributed by atoms with Crippen LogP contribution in [0.1, 0.15) is 30.0 Å². The van der Waals surface area contributed by atoms with Crippen molar-refractivity contribution in [3.05, 3.63) is 39.7 Å². The predicted octanol–water partition coefficient (Wildman–Crippen LogP) is 4.17. The maximum Gasteiger partial charge on any atom is 0.107 e. The second-order valence-corrected chi connectivity index (χ2v) is 6.47. The minimum absolute atomic E-state index is 0.679. The molecule has 0 bridgehead atoms. The van der Waals surface area contributed by atoms with Gasteiger partial charge in [-0.1, -0.05) is 31.0 Å². The molecule has 0 amide bonds. The molecule has 0 spiro atoms. The zero-order chi connectivity index (χ0) is 13.8. The molecule has 1 aromatic carbocycles. The fourth-order valence-electron chi connectivity index (χ4n) is 2.12. The van der Waals surface area contributed by atoms with Gasteiger partial charge in [-0.15, -0.1) is 11.3 Å². The van der Waals surface area contributed by atoms with E-state index in [0.717, 1.165) is 23.8 Å². The SMILES string of the molecule is Cc1cc(C)cc(-c2csc(CNCC(C)C)n2)c1. The van der Waals surface area contributed by atoms with Crippen LogP contribution < -0.4 is 5.32 Å². The van der Waals surface area contributed by atoms with Crippen molar-refractivity contribution in [2.45, 2.75) is 34.2 Å². The molecule has 0 fully saturated rings. The standard InChI is InChI=1S/C16H22N2S/c1-11(2)8-17-9-16-18-15(10-19-16)14-6-12(3)5-13(4)7-14/h5-7,10-11,17H,8-9H2,1-4H3. The predicted molar refractivity (Wildman–Crippen MR) is 83.6 cm³/mol. The number of aryl methyl sites for hydroxylation is 2. The molecule has 3 heteroatoms. The van der Waals surface area contributed by atoms with Crippen LogP contribution >= 0.6 is 11.3 Å². The van der Waals surface area contributed by atoms with Gasteiger partial charge in [0.25, 0.3) is 0 Å². The highest BCUT2D eigenvalue weighted by Gasteiger charge is 2.05. The lowest BCUT2D eigenvalue weighted by atomic mass is 10.1. The number of benzene rings is 1. The third-order valence-electron chi connectivity index (χ3n) is 2.90. The molecule has 19 heavy (non-hydrogen) atoms. The quantitative estimate of drug-likeness (QED) is 0.885. The summed E-state index contributed by atoms with van der Waals surface area (Å²) in [5.74, 6) is 0.679. The first-order valence-corrected chi connectivity index (χ1v) is 7.66. The fraction of sp³-hybridized carbons (Fsp3) is 0.438. The van der Waals surface area contributed by atoms with E-state index in [1.54, 1.807) is 11.3 Å². The highest BCUT2D eigenvalue weighted by atomic mass is 32.1. The van der Waals surface area contributed by atoms with Crippen molar-refractivity contribution in [1.29, 1.82) is 0 Å². The molecule has 0 saturated carbocycles. The first-order chi connectivity index (χ1) is 9.04. The van der Waals surface area contributed by atoms with Crippen LogP contribution in [0, 0.1) is 19.8 Å². The maximum absolute atomic E-state index is 4.72. The van der Waals surface area contributed by atoms with E-state index in [9.17, 15) is 0 Å². The van der Waals surface area contributed by atoms with E-state index in [1.165, 1.54) is 16.7 Å². The molecule has 2 nitrogen and oxygen atoms in total. The molecule has 1 aromatic heterocycles. The van der Waals surface area contributed by atoms with Gasteiger partial charge in [0, 0.05) is 17.5 Å². The van der Waals surface area contributed by atoms with Crippen LogP contribution in [0.2, 0.25) is 0 Å². The summed E-state index contributed by atoms with van der Waals surface area (Å²) in [5, 5.41) is 6.75. The second kappa shape index (κ2) is 6.31. The van der Waals surface area contributed by atoms with Crippen molar-refractivity contribution in [1.82, 2.24) is 10.3 Å². The highest BCUT2D eigenvalue weighted by molar-refractivity contribution is 7.09. The molecule has 2 aromatic rings. The average molecular weight is 274 g/mol. The topological polar surface area (TPSA) is 24.9 Å². The molecular formula is C16H22N2S. The van der Waals surface area contributed by atoms with Gasteiger partial charge in [-0.05, 0) is 38.4 Å². The van der Waals surface area contributed by atoms with Crippen LogP contribution in [-0.2, 0) is 6.54 Å². The van der Waals surface area contributed by atoms with E-state index in [-0.39, 0.29) is 0 Å². The first kappa shape index (κ1) is 14.2. The molecule has 0 aliphatic heterocycles. The van der Waals surface area contributed by atoms with Crippen LogP contribution in [-0.4, -0.2) is 11.5 Å². The fourth-order valence-corrected chi connectivity index (χ4v) is 2.89. The molecule has 0 unspecified atom stereocenters. The maximum atomic E-state index is 4.72. The van der Waals surface area contributed by atoms with E-state index >= 15 is 0 Å². The Morgan fingerprint density at radius 1 is 1.16 bits per heavy atom. The van der Waals surface area contributed by atoms with Gasteiger partial charge < -0.3 is 5.32 Å². The second-order valence-electron chi connectivity index (χ2n) is 5.53. The summed E-state index contributed by atoms with van der Waals surface area (Å²) in [6.07, 6.45) is 0. The van der Waals surface area contributed by atoms with Gasteiger partial charge >= 0.3 is 0 Å². The Labute approximate surface area is 119 Å². The minimum Gasteiger partial charge on any atom is -0.310 e. The van der Waals surface area contributed by atoms with Gasteiger partial charge in [0.15, 0.2) is 0 Å². The summed E-state index contributed by atoms with van der Waals surface area (Å²) in [6, 6.07) is 6.60. The van der Waals surface area contributed by atoms with E-state index < -0.39 is 0 Å². The normalized spacial score (nSPS) is 11.2. The van der Waals surface area contributed by atoms with Gasteiger partial charge in [0.2, 0.25) is 0 Å². The molecule has 1 heterocycles. The first-order valence-electron chi connectivity index (χ1n) is 6.78. The Bertz CT molecular complexity index is 523. The largest absolute Gasteiger partial charge is 0.310 e. The van der Waals surface area contributed by atoms with Gasteiger partial charge in [0.1, 0.15) is 5.01 Å². The third kappa shape index (κ3) is 4.15. The van der Waals surface area contributed by atoms with Crippen molar-refractivity contribution in [3.63, 3.8) is 0 Å². The summed E-state index contributed by atoms with van der Waals surface area (Å²) in [4.78, 5) is 4.72. The van der Waals surface area contributed by atoms with E-state index in [4.69, 9.17) is 4.98 Å². The zero-order valence-corrected chi connectivity index (χ0v) is 13.0. The summed E-state index contributed by atoms with van der Waals surface area (Å²) in [7, 11) is 0. The van der Waals surface area contributed by atoms with Crippen LogP contribution in [0.15, 0.2) is 23.6 Å². The summed E-state index contributed by atoms with van der Waals surface area (Å²) >= 11 is 1.73. The van der Waals surface area contributed by atoms with Gasteiger partial charge in [0.05, 0.1) is 5.69 Å². The highest BCUT2D eigenvalue weighted by Crippen LogP contribution is 2.24. The third-order valence-corrected chi connectivity index (χ3v) is 3.75. The number of aromatic nitrogens is 1. The molecule has 1 N–H and O–H groups in total. The lowest BCUT2D eigenvalue weighted by Gasteiger charge is -2.05. The number of hydrogen-bond donors (Lipinski definition) is 1. The Kier molecular flexibility index (Phi) is 4.72. The molecule has 0 saturated heterocycles. The van der Waals surface area contributed by atoms with Crippen molar-refractivity contribution < 1.29 is 0 Å². The van der Waals surface area contributed by atoms with Crippen molar-refractivity contribution in [2.24, 2.45) is 5.92 Å². The average Bonchev–Trinajstić information content (AvgIpc) is 2.76. The number of nitrogens with one attached hydrogen (secondary N) is 1. The number of rotatable bonds is 5.